The summed E-state index contributed by atoms with van der Waals surface area (Å²) >= 11 is 0. The number of fused-ring (bicyclic) bond motifs is 7. The van der Waals surface area contributed by atoms with Gasteiger partial charge in [-0.05, 0) is 61.9 Å². The van der Waals surface area contributed by atoms with Gasteiger partial charge < -0.3 is 4.90 Å². The quantitative estimate of drug-likeness (QED) is 0.692. The van der Waals surface area contributed by atoms with E-state index in [1.165, 1.54) is 49.7 Å². The van der Waals surface area contributed by atoms with E-state index >= 15 is 0 Å². The zero-order valence-corrected chi connectivity index (χ0v) is 18.2. The van der Waals surface area contributed by atoms with E-state index in [2.05, 4.69) is 41.1 Å². The number of allylic oxidation sites excluding steroid dienone is 1. The van der Waals surface area contributed by atoms with E-state index in [9.17, 15) is 4.79 Å². The molecule has 30 heavy (non-hydrogen) atoms. The fraction of sp³-hybridized carbons (Fsp3) is 0.600. The number of nitrogens with one attached hydrogen (secondary N) is 1. The van der Waals surface area contributed by atoms with Crippen LogP contribution in [0.3, 0.4) is 0 Å². The van der Waals surface area contributed by atoms with Crippen molar-refractivity contribution in [3.8, 4) is 0 Å². The van der Waals surface area contributed by atoms with Crippen molar-refractivity contribution < 1.29 is 4.79 Å². The molecule has 1 atom stereocenters. The van der Waals surface area contributed by atoms with Gasteiger partial charge in [0.1, 0.15) is 5.84 Å². The van der Waals surface area contributed by atoms with E-state index in [0.29, 0.717) is 12.6 Å². The van der Waals surface area contributed by atoms with Gasteiger partial charge in [-0.25, -0.2) is 4.79 Å². The van der Waals surface area contributed by atoms with Crippen molar-refractivity contribution in [1.29, 1.82) is 0 Å². The molecule has 3 aliphatic heterocycles. The number of aliphatic imine (C=N–C) groups is 1. The highest BCUT2D eigenvalue weighted by Gasteiger charge is 2.23. The topological polar surface area (TPSA) is 47.9 Å². The van der Waals surface area contributed by atoms with Crippen molar-refractivity contribution >= 4 is 23.1 Å². The fourth-order valence-electron chi connectivity index (χ4n) is 4.84. The van der Waals surface area contributed by atoms with Crippen molar-refractivity contribution in [3.63, 3.8) is 0 Å². The highest BCUT2D eigenvalue weighted by atomic mass is 16.2. The number of carbonyl (C=O) groups is 1. The number of nitrogens with zero attached hydrogens (tertiary/aromatic N) is 3. The van der Waals surface area contributed by atoms with Gasteiger partial charge in [0.15, 0.2) is 0 Å². The van der Waals surface area contributed by atoms with Gasteiger partial charge >= 0.3 is 6.03 Å². The molecule has 5 nitrogen and oxygen atoms in total. The summed E-state index contributed by atoms with van der Waals surface area (Å²) in [5.41, 5.74) is 3.32. The molecule has 1 N–H and O–H groups in total. The molecule has 1 aromatic rings. The first kappa shape index (κ1) is 21.1. The number of urea groups is 1. The maximum absolute atomic E-state index is 13.2. The number of amides is 2. The lowest BCUT2D eigenvalue weighted by molar-refractivity contribution is 0.248. The Hall–Kier alpha value is -2.14. The molecule has 5 heteroatoms. The predicted molar refractivity (Wildman–Crippen MR) is 125 cm³/mol. The molecule has 1 aliphatic carbocycles. The first-order valence-electron chi connectivity index (χ1n) is 11.8. The molecule has 1 saturated heterocycles. The average Bonchev–Trinajstić information content (AvgIpc) is 2.83. The minimum absolute atomic E-state index is 0.0509. The Morgan fingerprint density at radius 2 is 1.63 bits per heavy atom. The van der Waals surface area contributed by atoms with Crippen molar-refractivity contribution in [1.82, 2.24) is 10.2 Å². The highest BCUT2D eigenvalue weighted by molar-refractivity contribution is 6.04. The molecule has 2 fully saturated rings. The van der Waals surface area contributed by atoms with Crippen LogP contribution in [0.15, 0.2) is 35.8 Å². The molecule has 4 bridgehead atoms. The van der Waals surface area contributed by atoms with Gasteiger partial charge in [-0.15, -0.1) is 0 Å². The summed E-state index contributed by atoms with van der Waals surface area (Å²) in [6, 6.07) is 8.66. The van der Waals surface area contributed by atoms with Crippen LogP contribution in [0, 0.1) is 0 Å². The summed E-state index contributed by atoms with van der Waals surface area (Å²) < 4.78 is 0. The van der Waals surface area contributed by atoms with Crippen LogP contribution >= 0.6 is 0 Å². The monoisotopic (exact) mass is 408 g/mol. The number of anilines is 1. The molecule has 0 aromatic heterocycles. The summed E-state index contributed by atoms with van der Waals surface area (Å²) in [4.78, 5) is 22.6. The van der Waals surface area contributed by atoms with Gasteiger partial charge in [0.05, 0.1) is 6.04 Å². The van der Waals surface area contributed by atoms with E-state index in [-0.39, 0.29) is 6.03 Å². The summed E-state index contributed by atoms with van der Waals surface area (Å²) in [5, 5.41) is 3.17. The van der Waals surface area contributed by atoms with E-state index in [1.807, 2.05) is 4.90 Å². The largest absolute Gasteiger partial charge is 0.327 e. The Labute approximate surface area is 181 Å². The first-order valence-corrected chi connectivity index (χ1v) is 11.8. The van der Waals surface area contributed by atoms with E-state index in [1.54, 1.807) is 0 Å². The molecule has 162 valence electrons. The number of amidine groups is 1. The van der Waals surface area contributed by atoms with Crippen molar-refractivity contribution in [2.75, 3.05) is 31.1 Å². The first-order chi connectivity index (χ1) is 14.7. The Morgan fingerprint density at radius 1 is 0.867 bits per heavy atom. The third kappa shape index (κ3) is 5.51. The third-order valence-corrected chi connectivity index (χ3v) is 6.75. The minimum Gasteiger partial charge on any atom is -0.301 e. The maximum Gasteiger partial charge on any atom is 0.327 e. The number of benzene rings is 1. The van der Waals surface area contributed by atoms with Gasteiger partial charge in [0, 0.05) is 31.7 Å². The molecular formula is C25H36N4O. The van der Waals surface area contributed by atoms with Gasteiger partial charge in [0.2, 0.25) is 0 Å². The normalized spacial score (nSPS) is 26.1. The van der Waals surface area contributed by atoms with Gasteiger partial charge in [0.25, 0.3) is 0 Å². The molecular weight excluding hydrogens is 372 g/mol. The number of carbonyl (C=O) groups excluding carboxylic acids is 1. The van der Waals surface area contributed by atoms with E-state index in [4.69, 9.17) is 4.99 Å². The van der Waals surface area contributed by atoms with Crippen LogP contribution < -0.4 is 10.2 Å². The van der Waals surface area contributed by atoms with Crippen LogP contribution in [0.4, 0.5) is 10.5 Å². The standard InChI is InChI=1S/C25H36N4O/c1-20-8-4-3-7-16-28-17-15-24(26-22-9-5-2-6-10-22)27-25(30)29(19-18-28)23-13-11-21(20)12-14-23/h11-14,22H,1-10,15-19H2,(H,26,27,30). The fourth-order valence-corrected chi connectivity index (χ4v) is 4.84. The lowest BCUT2D eigenvalue weighted by Gasteiger charge is -2.26. The molecule has 3 heterocycles. The lowest BCUT2D eigenvalue weighted by Crippen LogP contribution is -2.44. The van der Waals surface area contributed by atoms with Crippen LogP contribution in [0.2, 0.25) is 0 Å². The minimum atomic E-state index is -0.0509. The zero-order chi connectivity index (χ0) is 20.8. The van der Waals surface area contributed by atoms with Crippen molar-refractivity contribution in [3.05, 3.63) is 36.4 Å². The summed E-state index contributed by atoms with van der Waals surface area (Å²) in [5.74, 6) is 0.873. The highest BCUT2D eigenvalue weighted by Crippen LogP contribution is 2.25. The second kappa shape index (κ2) is 10.3. The predicted octanol–water partition coefficient (Wildman–Crippen LogP) is 5.23. The molecule has 4 aliphatic rings. The smallest absolute Gasteiger partial charge is 0.301 e. The number of hydrogen-bond donors (Lipinski definition) is 1. The molecule has 0 radical (unpaired) electrons. The van der Waals surface area contributed by atoms with Crippen LogP contribution in [-0.4, -0.2) is 49.0 Å². The Morgan fingerprint density at radius 3 is 2.43 bits per heavy atom. The Balaban J connectivity index is 1.60. The molecule has 5 rings (SSSR count). The molecule has 2 amide bonds. The Kier molecular flexibility index (Phi) is 7.21. The maximum atomic E-state index is 13.2. The number of hydrogen-bond acceptors (Lipinski definition) is 3. The van der Waals surface area contributed by atoms with Crippen LogP contribution in [0.5, 0.6) is 0 Å². The van der Waals surface area contributed by atoms with Crippen molar-refractivity contribution in [2.24, 2.45) is 4.99 Å². The summed E-state index contributed by atoms with van der Waals surface area (Å²) in [6.45, 7) is 7.92. The van der Waals surface area contributed by atoms with Crippen LogP contribution in [0.1, 0.15) is 69.8 Å². The molecule has 1 unspecified atom stereocenters. The summed E-state index contributed by atoms with van der Waals surface area (Å²) in [7, 11) is 0. The second-order valence-electron chi connectivity index (χ2n) is 9.00. The average molecular weight is 409 g/mol. The summed E-state index contributed by atoms with van der Waals surface area (Å²) in [6.07, 6.45) is 11.6. The van der Waals surface area contributed by atoms with E-state index in [0.717, 1.165) is 56.8 Å². The lowest BCUT2D eigenvalue weighted by atomic mass is 9.96. The van der Waals surface area contributed by atoms with Crippen molar-refractivity contribution in [2.45, 2.75) is 70.3 Å². The Bertz CT molecular complexity index is 764. The molecule has 1 aromatic carbocycles. The second-order valence-corrected chi connectivity index (χ2v) is 9.00. The number of rotatable bonds is 1. The van der Waals surface area contributed by atoms with Crippen LogP contribution in [0.25, 0.3) is 5.57 Å². The molecule has 1 saturated carbocycles. The van der Waals surface area contributed by atoms with Gasteiger partial charge in [-0.2, -0.15) is 0 Å². The third-order valence-electron chi connectivity index (χ3n) is 6.75. The van der Waals surface area contributed by atoms with E-state index < -0.39 is 0 Å². The molecule has 0 spiro atoms. The zero-order valence-electron chi connectivity index (χ0n) is 18.2. The SMILES string of the molecule is C=C1CCCCCN2CCC(=NC3CCCCC3)NC(=O)N(CC2)c2ccc1cc2. The van der Waals surface area contributed by atoms with Gasteiger partial charge in [-0.3, -0.25) is 15.2 Å². The van der Waals surface area contributed by atoms with Crippen LogP contribution in [-0.2, 0) is 0 Å². The van der Waals surface area contributed by atoms with Gasteiger partial charge in [-0.1, -0.05) is 44.4 Å².